The van der Waals surface area contributed by atoms with Gasteiger partial charge in [-0.2, -0.15) is 0 Å². The summed E-state index contributed by atoms with van der Waals surface area (Å²) in [6.07, 6.45) is 3.21. The Balaban J connectivity index is 1.72. The number of benzene rings is 2. The maximum absolute atomic E-state index is 13.6. The first kappa shape index (κ1) is 22.5. The van der Waals surface area contributed by atoms with Crippen molar-refractivity contribution in [2.45, 2.75) is 24.2 Å². The van der Waals surface area contributed by atoms with Gasteiger partial charge in [0.05, 0.1) is 15.6 Å². The number of carbonyl (C=O) groups excluding carboxylic acids is 1. The van der Waals surface area contributed by atoms with Gasteiger partial charge in [0.2, 0.25) is 5.91 Å². The van der Waals surface area contributed by atoms with Crippen molar-refractivity contribution in [1.82, 2.24) is 10.2 Å². The van der Waals surface area contributed by atoms with Crippen LogP contribution in [0.2, 0.25) is 5.02 Å². The van der Waals surface area contributed by atoms with E-state index in [4.69, 9.17) is 11.6 Å². The minimum atomic E-state index is -4.04. The molecular weight excluding hydrogens is 429 g/mol. The topological polar surface area (TPSA) is 69.7 Å². The maximum Gasteiger partial charge on any atom is 0.264 e. The largest absolute Gasteiger partial charge is 0.354 e. The van der Waals surface area contributed by atoms with E-state index in [9.17, 15) is 17.6 Å². The second-order valence-corrected chi connectivity index (χ2v) is 9.44. The third-order valence-corrected chi connectivity index (χ3v) is 7.06. The zero-order valence-corrected chi connectivity index (χ0v) is 18.1. The number of halogens is 2. The molecule has 9 heteroatoms. The van der Waals surface area contributed by atoms with Crippen molar-refractivity contribution in [3.63, 3.8) is 0 Å². The molecular formula is C21H25ClFN3O3S. The zero-order chi connectivity index (χ0) is 21.6. The van der Waals surface area contributed by atoms with Gasteiger partial charge in [-0.15, -0.1) is 0 Å². The lowest BCUT2D eigenvalue weighted by atomic mass is 10.3. The van der Waals surface area contributed by atoms with E-state index >= 15 is 0 Å². The summed E-state index contributed by atoms with van der Waals surface area (Å²) in [6.45, 7) is 3.10. The fourth-order valence-corrected chi connectivity index (χ4v) is 5.01. The molecule has 0 atom stereocenters. The van der Waals surface area contributed by atoms with Gasteiger partial charge in [0.15, 0.2) is 0 Å². The highest BCUT2D eigenvalue weighted by Crippen LogP contribution is 2.27. The molecule has 1 aliphatic heterocycles. The molecule has 0 radical (unpaired) electrons. The second-order valence-electron chi connectivity index (χ2n) is 7.18. The molecule has 0 unspecified atom stereocenters. The Hall–Kier alpha value is -2.16. The van der Waals surface area contributed by atoms with Crippen LogP contribution in [0.25, 0.3) is 0 Å². The Morgan fingerprint density at radius 3 is 2.50 bits per heavy atom. The van der Waals surface area contributed by atoms with E-state index in [-0.39, 0.29) is 15.6 Å². The van der Waals surface area contributed by atoms with Crippen LogP contribution in [-0.4, -0.2) is 51.9 Å². The number of rotatable bonds is 9. The lowest BCUT2D eigenvalue weighted by molar-refractivity contribution is -0.119. The molecule has 6 nitrogen and oxygen atoms in total. The minimum absolute atomic E-state index is 0.0345. The maximum atomic E-state index is 13.6. The molecule has 1 saturated heterocycles. The molecule has 0 aromatic heterocycles. The van der Waals surface area contributed by atoms with E-state index < -0.39 is 28.3 Å². The van der Waals surface area contributed by atoms with Crippen LogP contribution in [-0.2, 0) is 14.8 Å². The molecule has 1 heterocycles. The van der Waals surface area contributed by atoms with Crippen molar-refractivity contribution in [2.75, 3.05) is 37.0 Å². The summed E-state index contributed by atoms with van der Waals surface area (Å²) in [5, 5.41) is 2.56. The van der Waals surface area contributed by atoms with Crippen LogP contribution in [0.4, 0.5) is 10.1 Å². The first-order chi connectivity index (χ1) is 14.4. The van der Waals surface area contributed by atoms with Gasteiger partial charge in [-0.05, 0) is 69.2 Å². The molecule has 1 fully saturated rings. The molecule has 162 valence electrons. The number of nitrogens with one attached hydrogen (secondary N) is 1. The summed E-state index contributed by atoms with van der Waals surface area (Å²) in [5.74, 6) is -1.10. The zero-order valence-electron chi connectivity index (χ0n) is 16.6. The van der Waals surface area contributed by atoms with Gasteiger partial charge >= 0.3 is 0 Å². The highest BCUT2D eigenvalue weighted by molar-refractivity contribution is 7.92. The summed E-state index contributed by atoms with van der Waals surface area (Å²) >= 11 is 5.85. The minimum Gasteiger partial charge on any atom is -0.354 e. The van der Waals surface area contributed by atoms with Gasteiger partial charge < -0.3 is 10.2 Å². The molecule has 0 aliphatic carbocycles. The van der Waals surface area contributed by atoms with Crippen molar-refractivity contribution in [2.24, 2.45) is 0 Å². The van der Waals surface area contributed by atoms with Gasteiger partial charge in [0.1, 0.15) is 12.4 Å². The Morgan fingerprint density at radius 2 is 1.83 bits per heavy atom. The standard InChI is InChI=1S/C21H25ClFN3O3S/c22-19-15-17(9-10-20(19)23)26(30(28,29)18-7-2-1-3-8-18)16-21(27)24-11-6-14-25-12-4-5-13-25/h1-3,7-10,15H,4-6,11-14,16H2,(H,24,27). The van der Waals surface area contributed by atoms with Crippen molar-refractivity contribution >= 4 is 33.2 Å². The Kier molecular flexibility index (Phi) is 7.69. The number of amides is 1. The molecule has 30 heavy (non-hydrogen) atoms. The smallest absolute Gasteiger partial charge is 0.264 e. The third kappa shape index (κ3) is 5.71. The SMILES string of the molecule is O=C(CN(c1ccc(F)c(Cl)c1)S(=O)(=O)c1ccccc1)NCCCN1CCCC1. The molecule has 0 bridgehead atoms. The highest BCUT2D eigenvalue weighted by atomic mass is 35.5. The molecule has 0 saturated carbocycles. The number of sulfonamides is 1. The van der Waals surface area contributed by atoms with Crippen LogP contribution >= 0.6 is 11.6 Å². The Morgan fingerprint density at radius 1 is 1.13 bits per heavy atom. The Bertz CT molecular complexity index is 967. The molecule has 2 aromatic rings. The summed E-state index contributed by atoms with van der Waals surface area (Å²) < 4.78 is 40.9. The van der Waals surface area contributed by atoms with Gasteiger partial charge in [-0.1, -0.05) is 29.8 Å². The van der Waals surface area contributed by atoms with E-state index in [1.165, 1.54) is 37.1 Å². The van der Waals surface area contributed by atoms with Crippen molar-refractivity contribution < 1.29 is 17.6 Å². The molecule has 0 spiro atoms. The number of likely N-dealkylation sites (tertiary alicyclic amines) is 1. The summed E-state index contributed by atoms with van der Waals surface area (Å²) in [6, 6.07) is 11.4. The van der Waals surface area contributed by atoms with Crippen LogP contribution in [0.5, 0.6) is 0 Å². The molecule has 1 amide bonds. The number of carbonyl (C=O) groups is 1. The average Bonchev–Trinajstić information content (AvgIpc) is 3.26. The number of hydrogen-bond donors (Lipinski definition) is 1. The lowest BCUT2D eigenvalue weighted by Gasteiger charge is -2.24. The molecule has 2 aromatic carbocycles. The van der Waals surface area contributed by atoms with E-state index in [1.54, 1.807) is 18.2 Å². The second kappa shape index (κ2) is 10.2. The van der Waals surface area contributed by atoms with E-state index in [2.05, 4.69) is 10.2 Å². The summed E-state index contributed by atoms with van der Waals surface area (Å²) in [5.41, 5.74) is 0.123. The van der Waals surface area contributed by atoms with Crippen molar-refractivity contribution in [3.05, 3.63) is 59.4 Å². The monoisotopic (exact) mass is 453 g/mol. The molecule has 1 aliphatic rings. The van der Waals surface area contributed by atoms with Crippen LogP contribution < -0.4 is 9.62 Å². The molecule has 3 rings (SSSR count). The first-order valence-electron chi connectivity index (χ1n) is 9.90. The van der Waals surface area contributed by atoms with Crippen LogP contribution in [0.15, 0.2) is 53.4 Å². The molecule has 1 N–H and O–H groups in total. The fourth-order valence-electron chi connectivity index (χ4n) is 3.40. The quantitative estimate of drug-likeness (QED) is 0.591. The van der Waals surface area contributed by atoms with Gasteiger partial charge in [0.25, 0.3) is 10.0 Å². The average molecular weight is 454 g/mol. The van der Waals surface area contributed by atoms with Gasteiger partial charge in [-0.25, -0.2) is 12.8 Å². The summed E-state index contributed by atoms with van der Waals surface area (Å²) in [4.78, 5) is 14.9. The number of hydrogen-bond acceptors (Lipinski definition) is 4. The van der Waals surface area contributed by atoms with Crippen molar-refractivity contribution in [1.29, 1.82) is 0 Å². The predicted molar refractivity (Wildman–Crippen MR) is 116 cm³/mol. The number of nitrogens with zero attached hydrogens (tertiary/aromatic N) is 2. The van der Waals surface area contributed by atoms with Crippen LogP contribution in [0.1, 0.15) is 19.3 Å². The van der Waals surface area contributed by atoms with Crippen LogP contribution in [0, 0.1) is 5.82 Å². The third-order valence-electron chi connectivity index (χ3n) is 4.98. The van der Waals surface area contributed by atoms with Gasteiger partial charge in [0, 0.05) is 6.54 Å². The Labute approximate surface area is 181 Å². The van der Waals surface area contributed by atoms with Crippen molar-refractivity contribution in [3.8, 4) is 0 Å². The van der Waals surface area contributed by atoms with Crippen LogP contribution in [0.3, 0.4) is 0 Å². The summed E-state index contributed by atoms with van der Waals surface area (Å²) in [7, 11) is -4.04. The highest BCUT2D eigenvalue weighted by Gasteiger charge is 2.27. The predicted octanol–water partition coefficient (Wildman–Crippen LogP) is 3.28. The van der Waals surface area contributed by atoms with Gasteiger partial charge in [-0.3, -0.25) is 9.10 Å². The van der Waals surface area contributed by atoms with E-state index in [0.29, 0.717) is 6.54 Å². The normalized spacial score (nSPS) is 14.6. The first-order valence-corrected chi connectivity index (χ1v) is 11.7. The lowest BCUT2D eigenvalue weighted by Crippen LogP contribution is -2.41. The number of anilines is 1. The fraction of sp³-hybridized carbons (Fsp3) is 0.381. The van der Waals surface area contributed by atoms with E-state index in [0.717, 1.165) is 36.4 Å². The van der Waals surface area contributed by atoms with E-state index in [1.807, 2.05) is 0 Å².